The Kier molecular flexibility index (Phi) is 5.67. The highest BCUT2D eigenvalue weighted by molar-refractivity contribution is 7.89. The van der Waals surface area contributed by atoms with Gasteiger partial charge in [0, 0.05) is 25.5 Å². The highest BCUT2D eigenvalue weighted by Crippen LogP contribution is 2.01. The van der Waals surface area contributed by atoms with Crippen LogP contribution in [0.25, 0.3) is 0 Å². The molecule has 0 fully saturated rings. The smallest absolute Gasteiger partial charge is 0.209 e. The number of hydrogen-bond donors (Lipinski definition) is 2. The minimum absolute atomic E-state index is 0.0385. The van der Waals surface area contributed by atoms with E-state index < -0.39 is 10.0 Å². The van der Waals surface area contributed by atoms with E-state index in [0.717, 1.165) is 19.5 Å². The summed E-state index contributed by atoms with van der Waals surface area (Å²) in [5.74, 6) is 0.0385. The summed E-state index contributed by atoms with van der Waals surface area (Å²) in [7, 11) is -3.32. The van der Waals surface area contributed by atoms with Gasteiger partial charge in [0.25, 0.3) is 0 Å². The van der Waals surface area contributed by atoms with Crippen LogP contribution in [-0.4, -0.2) is 25.3 Å². The molecule has 0 unspecified atom stereocenters. The maximum atomic E-state index is 10.7. The third-order valence-corrected chi connectivity index (χ3v) is 3.26. The Balaban J connectivity index is 2.17. The first-order chi connectivity index (χ1) is 8.01. The van der Waals surface area contributed by atoms with E-state index in [1.54, 1.807) is 0 Å². The summed E-state index contributed by atoms with van der Waals surface area (Å²) >= 11 is 0. The summed E-state index contributed by atoms with van der Waals surface area (Å²) < 4.78 is 23.5. The van der Waals surface area contributed by atoms with Crippen LogP contribution >= 0.6 is 0 Å². The van der Waals surface area contributed by atoms with E-state index in [1.807, 2.05) is 0 Å². The van der Waals surface area contributed by atoms with Crippen LogP contribution in [0.5, 0.6) is 0 Å². The molecule has 0 aliphatic rings. The fourth-order valence-electron chi connectivity index (χ4n) is 1.62. The van der Waals surface area contributed by atoms with Crippen molar-refractivity contribution in [1.29, 1.82) is 0 Å². The Hall–Kier alpha value is -0.850. The van der Waals surface area contributed by atoms with Crippen LogP contribution in [0.1, 0.15) is 25.3 Å². The van der Waals surface area contributed by atoms with Gasteiger partial charge in [0.1, 0.15) is 0 Å². The third-order valence-electron chi connectivity index (χ3n) is 2.41. The fourth-order valence-corrected chi connectivity index (χ4v) is 2.17. The summed E-state index contributed by atoms with van der Waals surface area (Å²) in [5.41, 5.74) is 1.22. The molecule has 0 aliphatic carbocycles. The summed E-state index contributed by atoms with van der Waals surface area (Å²) in [6.07, 6.45) is 5.84. The molecule has 0 aliphatic heterocycles. The van der Waals surface area contributed by atoms with E-state index in [0.29, 0.717) is 13.0 Å². The van der Waals surface area contributed by atoms with Crippen LogP contribution < -0.4 is 10.5 Å². The van der Waals surface area contributed by atoms with E-state index in [4.69, 9.17) is 5.14 Å². The van der Waals surface area contributed by atoms with Crippen molar-refractivity contribution in [3.05, 3.63) is 24.0 Å². The number of hydrogen-bond acceptors (Lipinski definition) is 3. The zero-order chi connectivity index (χ0) is 12.7. The van der Waals surface area contributed by atoms with Crippen molar-refractivity contribution in [2.75, 3.05) is 12.3 Å². The standard InChI is InChI=1S/C11H21N3O2S/c1-2-6-14-7-4-11(10-14)9-13-5-3-8-17(12,15)16/h4,7,10,13H,2-3,5-6,8-9H2,1H3,(H2,12,15,16). The minimum atomic E-state index is -3.32. The monoisotopic (exact) mass is 259 g/mol. The maximum Gasteiger partial charge on any atom is 0.209 e. The lowest BCUT2D eigenvalue weighted by Crippen LogP contribution is -2.21. The number of nitrogens with one attached hydrogen (secondary N) is 1. The largest absolute Gasteiger partial charge is 0.354 e. The zero-order valence-corrected chi connectivity index (χ0v) is 11.0. The summed E-state index contributed by atoms with van der Waals surface area (Å²) in [6.45, 7) is 4.60. The molecule has 0 saturated carbocycles. The number of aromatic nitrogens is 1. The van der Waals surface area contributed by atoms with Gasteiger partial charge in [-0.05, 0) is 31.0 Å². The van der Waals surface area contributed by atoms with E-state index in [2.05, 4.69) is 35.3 Å². The van der Waals surface area contributed by atoms with E-state index in [-0.39, 0.29) is 5.75 Å². The Morgan fingerprint density at radius 3 is 2.88 bits per heavy atom. The number of rotatable bonds is 8. The molecular formula is C11H21N3O2S. The van der Waals surface area contributed by atoms with Gasteiger partial charge in [0.05, 0.1) is 5.75 Å². The second kappa shape index (κ2) is 6.78. The fraction of sp³-hybridized carbons (Fsp3) is 0.636. The van der Waals surface area contributed by atoms with Crippen molar-refractivity contribution in [1.82, 2.24) is 9.88 Å². The molecular weight excluding hydrogens is 238 g/mol. The molecule has 0 spiro atoms. The van der Waals surface area contributed by atoms with Gasteiger partial charge in [0.2, 0.25) is 10.0 Å². The lowest BCUT2D eigenvalue weighted by molar-refractivity contribution is 0.590. The van der Waals surface area contributed by atoms with Crippen molar-refractivity contribution in [2.24, 2.45) is 5.14 Å². The molecule has 0 aromatic carbocycles. The van der Waals surface area contributed by atoms with E-state index in [1.165, 1.54) is 5.56 Å². The van der Waals surface area contributed by atoms with Gasteiger partial charge >= 0.3 is 0 Å². The van der Waals surface area contributed by atoms with Crippen LogP contribution in [-0.2, 0) is 23.1 Å². The van der Waals surface area contributed by atoms with Crippen LogP contribution in [0.3, 0.4) is 0 Å². The average Bonchev–Trinajstić information content (AvgIpc) is 2.64. The number of nitrogens with zero attached hydrogens (tertiary/aromatic N) is 1. The highest BCUT2D eigenvalue weighted by Gasteiger charge is 2.01. The second-order valence-electron chi connectivity index (χ2n) is 4.15. The van der Waals surface area contributed by atoms with Crippen molar-refractivity contribution >= 4 is 10.0 Å². The lowest BCUT2D eigenvalue weighted by atomic mass is 10.3. The van der Waals surface area contributed by atoms with Gasteiger partial charge in [-0.25, -0.2) is 13.6 Å². The Bertz CT molecular complexity index is 426. The molecule has 3 N–H and O–H groups in total. The van der Waals surface area contributed by atoms with Gasteiger partial charge in [-0.15, -0.1) is 0 Å². The third kappa shape index (κ3) is 6.45. The molecule has 98 valence electrons. The Labute approximate surface area is 103 Å². The van der Waals surface area contributed by atoms with Crippen LogP contribution in [0.15, 0.2) is 18.5 Å². The first-order valence-electron chi connectivity index (χ1n) is 5.87. The first-order valence-corrected chi connectivity index (χ1v) is 7.58. The number of nitrogens with two attached hydrogens (primary N) is 1. The van der Waals surface area contributed by atoms with Gasteiger partial charge in [-0.3, -0.25) is 0 Å². The van der Waals surface area contributed by atoms with Gasteiger partial charge in [0.15, 0.2) is 0 Å². The number of sulfonamides is 1. The Morgan fingerprint density at radius 1 is 1.47 bits per heavy atom. The van der Waals surface area contributed by atoms with Crippen LogP contribution in [0.2, 0.25) is 0 Å². The highest BCUT2D eigenvalue weighted by atomic mass is 32.2. The molecule has 0 atom stereocenters. The predicted octanol–water partition coefficient (Wildman–Crippen LogP) is 0.666. The van der Waals surface area contributed by atoms with E-state index in [9.17, 15) is 8.42 Å². The van der Waals surface area contributed by atoms with Crippen LogP contribution in [0, 0.1) is 0 Å². The molecule has 17 heavy (non-hydrogen) atoms. The summed E-state index contributed by atoms with van der Waals surface area (Å²) in [6, 6.07) is 2.07. The molecule has 1 aromatic heterocycles. The van der Waals surface area contributed by atoms with Crippen molar-refractivity contribution in [3.8, 4) is 0 Å². The normalized spacial score (nSPS) is 11.9. The average molecular weight is 259 g/mol. The molecule has 0 bridgehead atoms. The Morgan fingerprint density at radius 2 is 2.24 bits per heavy atom. The van der Waals surface area contributed by atoms with Gasteiger partial charge < -0.3 is 9.88 Å². The van der Waals surface area contributed by atoms with Gasteiger partial charge in [-0.1, -0.05) is 6.92 Å². The predicted molar refractivity (Wildman–Crippen MR) is 69.0 cm³/mol. The molecule has 5 nitrogen and oxygen atoms in total. The molecule has 1 heterocycles. The SMILES string of the molecule is CCCn1ccc(CNCCCS(N)(=O)=O)c1. The lowest BCUT2D eigenvalue weighted by Gasteiger charge is -2.02. The summed E-state index contributed by atoms with van der Waals surface area (Å²) in [5, 5.41) is 8.10. The minimum Gasteiger partial charge on any atom is -0.354 e. The molecule has 1 rings (SSSR count). The summed E-state index contributed by atoms with van der Waals surface area (Å²) in [4.78, 5) is 0. The van der Waals surface area contributed by atoms with Gasteiger partial charge in [-0.2, -0.15) is 0 Å². The van der Waals surface area contributed by atoms with Crippen LogP contribution in [0.4, 0.5) is 0 Å². The second-order valence-corrected chi connectivity index (χ2v) is 5.89. The number of aryl methyl sites for hydroxylation is 1. The number of primary sulfonamides is 1. The molecule has 1 aromatic rings. The molecule has 0 amide bonds. The molecule has 0 saturated heterocycles. The topological polar surface area (TPSA) is 77.1 Å². The van der Waals surface area contributed by atoms with E-state index >= 15 is 0 Å². The quantitative estimate of drug-likeness (QED) is 0.674. The zero-order valence-electron chi connectivity index (χ0n) is 10.2. The maximum absolute atomic E-state index is 10.7. The molecule has 6 heteroatoms. The molecule has 0 radical (unpaired) electrons. The van der Waals surface area contributed by atoms with Crippen molar-refractivity contribution < 1.29 is 8.42 Å². The van der Waals surface area contributed by atoms with Crippen molar-refractivity contribution in [2.45, 2.75) is 32.9 Å². The van der Waals surface area contributed by atoms with Crippen molar-refractivity contribution in [3.63, 3.8) is 0 Å². The first kappa shape index (κ1) is 14.2.